The topological polar surface area (TPSA) is 18.5 Å². The van der Waals surface area contributed by atoms with E-state index in [2.05, 4.69) is 29.0 Å². The molecule has 0 aromatic heterocycles. The molecule has 1 aliphatic heterocycles. The first-order valence-electron chi connectivity index (χ1n) is 7.51. The molecule has 0 aromatic carbocycles. The Hall–Kier alpha value is -0.120. The Kier molecular flexibility index (Phi) is 5.26. The highest BCUT2D eigenvalue weighted by Gasteiger charge is 2.32. The highest BCUT2D eigenvalue weighted by Crippen LogP contribution is 2.33. The van der Waals surface area contributed by atoms with Gasteiger partial charge in [0.15, 0.2) is 0 Å². The van der Waals surface area contributed by atoms with Crippen molar-refractivity contribution in [1.29, 1.82) is 0 Å². The molecule has 100 valence electrons. The molecule has 0 aromatic rings. The second kappa shape index (κ2) is 6.72. The lowest BCUT2D eigenvalue weighted by atomic mass is 10.1. The summed E-state index contributed by atoms with van der Waals surface area (Å²) < 4.78 is 0. The van der Waals surface area contributed by atoms with Gasteiger partial charge in [-0.1, -0.05) is 13.8 Å². The van der Waals surface area contributed by atoms with Crippen LogP contribution in [0.25, 0.3) is 0 Å². The fourth-order valence-electron chi connectivity index (χ4n) is 2.93. The molecule has 0 amide bonds. The van der Waals surface area contributed by atoms with E-state index in [1.165, 1.54) is 58.5 Å². The van der Waals surface area contributed by atoms with E-state index in [1.807, 2.05) is 0 Å². The van der Waals surface area contributed by atoms with Crippen LogP contribution in [0.1, 0.15) is 33.1 Å². The van der Waals surface area contributed by atoms with Gasteiger partial charge in [0.1, 0.15) is 0 Å². The van der Waals surface area contributed by atoms with Gasteiger partial charge in [-0.15, -0.1) is 0 Å². The maximum atomic E-state index is 3.67. The molecule has 1 unspecified atom stereocenters. The van der Waals surface area contributed by atoms with E-state index in [4.69, 9.17) is 0 Å². The van der Waals surface area contributed by atoms with Gasteiger partial charge in [0.25, 0.3) is 0 Å². The van der Waals surface area contributed by atoms with Crippen molar-refractivity contribution in [3.63, 3.8) is 0 Å². The normalized spacial score (nSPS) is 25.1. The van der Waals surface area contributed by atoms with Gasteiger partial charge in [-0.25, -0.2) is 0 Å². The predicted octanol–water partition coefficient (Wildman–Crippen LogP) is 1.40. The molecule has 0 radical (unpaired) electrons. The van der Waals surface area contributed by atoms with Crippen LogP contribution < -0.4 is 5.32 Å². The van der Waals surface area contributed by atoms with Crippen molar-refractivity contribution in [3.8, 4) is 0 Å². The molecule has 2 rings (SSSR count). The molecular formula is C14H29N3. The van der Waals surface area contributed by atoms with E-state index in [9.17, 15) is 0 Å². The van der Waals surface area contributed by atoms with Gasteiger partial charge in [0.2, 0.25) is 0 Å². The lowest BCUT2D eigenvalue weighted by Gasteiger charge is -2.36. The molecule has 3 nitrogen and oxygen atoms in total. The molecule has 1 heterocycles. The minimum Gasteiger partial charge on any atom is -0.313 e. The lowest BCUT2D eigenvalue weighted by molar-refractivity contribution is 0.120. The first kappa shape index (κ1) is 13.3. The van der Waals surface area contributed by atoms with Crippen LogP contribution in [-0.4, -0.2) is 61.7 Å². The molecule has 17 heavy (non-hydrogen) atoms. The van der Waals surface area contributed by atoms with Crippen molar-refractivity contribution in [1.82, 2.24) is 15.1 Å². The zero-order valence-corrected chi connectivity index (χ0v) is 11.6. The fraction of sp³-hybridized carbons (Fsp3) is 1.00. The van der Waals surface area contributed by atoms with E-state index in [0.717, 1.165) is 18.5 Å². The van der Waals surface area contributed by atoms with Crippen LogP contribution in [0.2, 0.25) is 0 Å². The van der Waals surface area contributed by atoms with Crippen molar-refractivity contribution < 1.29 is 0 Å². The molecule has 1 saturated carbocycles. The maximum Gasteiger partial charge on any atom is 0.0223 e. The number of nitrogens with zero attached hydrogens (tertiary/aromatic N) is 2. The van der Waals surface area contributed by atoms with Crippen LogP contribution in [0.4, 0.5) is 0 Å². The standard InChI is InChI=1S/C14H29N3/c1-3-7-16-8-10-17(11-9-16)12-14(15-4-2)13-5-6-13/h13-15H,3-12H2,1-2H3. The Bertz CT molecular complexity index is 208. The van der Waals surface area contributed by atoms with Crippen molar-refractivity contribution in [3.05, 3.63) is 0 Å². The summed E-state index contributed by atoms with van der Waals surface area (Å²) >= 11 is 0. The molecule has 1 saturated heterocycles. The zero-order valence-electron chi connectivity index (χ0n) is 11.6. The predicted molar refractivity (Wildman–Crippen MR) is 73.4 cm³/mol. The summed E-state index contributed by atoms with van der Waals surface area (Å²) in [4.78, 5) is 5.27. The van der Waals surface area contributed by atoms with Gasteiger partial charge in [-0.2, -0.15) is 0 Å². The van der Waals surface area contributed by atoms with E-state index >= 15 is 0 Å². The van der Waals surface area contributed by atoms with Crippen LogP contribution in [0, 0.1) is 5.92 Å². The molecule has 1 N–H and O–H groups in total. The van der Waals surface area contributed by atoms with Crippen molar-refractivity contribution >= 4 is 0 Å². The smallest absolute Gasteiger partial charge is 0.0223 e. The average molecular weight is 239 g/mol. The van der Waals surface area contributed by atoms with Crippen molar-refractivity contribution in [2.45, 2.75) is 39.2 Å². The summed E-state index contributed by atoms with van der Waals surface area (Å²) in [6.07, 6.45) is 4.20. The third-order valence-electron chi connectivity index (χ3n) is 4.12. The second-order valence-electron chi connectivity index (χ2n) is 5.64. The minimum atomic E-state index is 0.762. The Morgan fingerprint density at radius 1 is 1.06 bits per heavy atom. The largest absolute Gasteiger partial charge is 0.313 e. The first-order chi connectivity index (χ1) is 8.33. The van der Waals surface area contributed by atoms with Crippen LogP contribution in [-0.2, 0) is 0 Å². The second-order valence-corrected chi connectivity index (χ2v) is 5.64. The van der Waals surface area contributed by atoms with E-state index in [-0.39, 0.29) is 0 Å². The quantitative estimate of drug-likeness (QED) is 0.724. The summed E-state index contributed by atoms with van der Waals surface area (Å²) in [6.45, 7) is 13.3. The van der Waals surface area contributed by atoms with Gasteiger partial charge in [0.05, 0.1) is 0 Å². The number of piperazine rings is 1. The Morgan fingerprint density at radius 3 is 2.24 bits per heavy atom. The minimum absolute atomic E-state index is 0.762. The summed E-state index contributed by atoms with van der Waals surface area (Å²) in [5.74, 6) is 0.976. The van der Waals surface area contributed by atoms with Crippen LogP contribution in [0.3, 0.4) is 0 Å². The van der Waals surface area contributed by atoms with Gasteiger partial charge >= 0.3 is 0 Å². The first-order valence-corrected chi connectivity index (χ1v) is 7.51. The SMILES string of the molecule is CCCN1CCN(CC(NCC)C2CC2)CC1. The maximum absolute atomic E-state index is 3.67. The van der Waals surface area contributed by atoms with Crippen LogP contribution in [0.15, 0.2) is 0 Å². The van der Waals surface area contributed by atoms with Gasteiger partial charge in [0, 0.05) is 38.8 Å². The van der Waals surface area contributed by atoms with Gasteiger partial charge in [-0.05, 0) is 38.3 Å². The molecule has 1 aliphatic carbocycles. The molecule has 2 fully saturated rings. The Morgan fingerprint density at radius 2 is 1.71 bits per heavy atom. The Balaban J connectivity index is 1.68. The third kappa shape index (κ3) is 4.23. The number of hydrogen-bond donors (Lipinski definition) is 1. The molecule has 3 heteroatoms. The van der Waals surface area contributed by atoms with E-state index < -0.39 is 0 Å². The number of nitrogens with one attached hydrogen (secondary N) is 1. The summed E-state index contributed by atoms with van der Waals surface area (Å²) in [7, 11) is 0. The molecule has 0 spiro atoms. The molecular weight excluding hydrogens is 210 g/mol. The molecule has 1 atom stereocenters. The lowest BCUT2D eigenvalue weighted by Crippen LogP contribution is -2.51. The Labute approximate surface area is 107 Å². The zero-order chi connectivity index (χ0) is 12.1. The van der Waals surface area contributed by atoms with Gasteiger partial charge in [-0.3, -0.25) is 4.90 Å². The monoisotopic (exact) mass is 239 g/mol. The summed E-state index contributed by atoms with van der Waals surface area (Å²) in [5.41, 5.74) is 0. The highest BCUT2D eigenvalue weighted by atomic mass is 15.3. The van der Waals surface area contributed by atoms with E-state index in [0.29, 0.717) is 0 Å². The number of rotatable bonds is 7. The number of hydrogen-bond acceptors (Lipinski definition) is 3. The average Bonchev–Trinajstić information content (AvgIpc) is 3.15. The molecule has 2 aliphatic rings. The van der Waals surface area contributed by atoms with Crippen molar-refractivity contribution in [2.24, 2.45) is 5.92 Å². The van der Waals surface area contributed by atoms with E-state index in [1.54, 1.807) is 0 Å². The molecule has 0 bridgehead atoms. The van der Waals surface area contributed by atoms with Gasteiger partial charge < -0.3 is 10.2 Å². The number of likely N-dealkylation sites (N-methyl/N-ethyl adjacent to an activating group) is 1. The van der Waals surface area contributed by atoms with Crippen LogP contribution >= 0.6 is 0 Å². The van der Waals surface area contributed by atoms with Crippen LogP contribution in [0.5, 0.6) is 0 Å². The summed E-state index contributed by atoms with van der Waals surface area (Å²) in [6, 6.07) is 0.762. The fourth-order valence-corrected chi connectivity index (χ4v) is 2.93. The summed E-state index contributed by atoms with van der Waals surface area (Å²) in [5, 5.41) is 3.67. The highest BCUT2D eigenvalue weighted by molar-refractivity contribution is 4.89. The van der Waals surface area contributed by atoms with Crippen molar-refractivity contribution in [2.75, 3.05) is 45.8 Å². The third-order valence-corrected chi connectivity index (χ3v) is 4.12.